The van der Waals surface area contributed by atoms with Gasteiger partial charge in [0, 0.05) is 6.07 Å². The molecule has 0 N–H and O–H groups in total. The van der Waals surface area contributed by atoms with Crippen molar-refractivity contribution in [2.24, 2.45) is 23.7 Å². The van der Waals surface area contributed by atoms with E-state index >= 15 is 0 Å². The second kappa shape index (κ2) is 11.4. The molecule has 3 rings (SSSR count). The van der Waals surface area contributed by atoms with Crippen LogP contribution >= 0.6 is 0 Å². The van der Waals surface area contributed by atoms with Gasteiger partial charge in [-0.1, -0.05) is 45.4 Å². The summed E-state index contributed by atoms with van der Waals surface area (Å²) in [6.45, 7) is 2.75. The SMILES string of the molecule is CCCCCC1CCC(C2CCC(COc3ccc(OC(F)(F)F)c(F)c3)CC2)CC1. The van der Waals surface area contributed by atoms with Gasteiger partial charge in [0.25, 0.3) is 0 Å². The van der Waals surface area contributed by atoms with Crippen molar-refractivity contribution in [1.82, 2.24) is 0 Å². The second-order valence-corrected chi connectivity index (χ2v) is 9.51. The summed E-state index contributed by atoms with van der Waals surface area (Å²) in [7, 11) is 0. The van der Waals surface area contributed by atoms with Crippen LogP contribution in [0.15, 0.2) is 18.2 Å². The van der Waals surface area contributed by atoms with Crippen molar-refractivity contribution in [2.45, 2.75) is 90.3 Å². The Morgan fingerprint density at radius 3 is 2.03 bits per heavy atom. The first-order chi connectivity index (χ1) is 14.8. The molecule has 0 saturated heterocycles. The van der Waals surface area contributed by atoms with Gasteiger partial charge in [0.15, 0.2) is 11.6 Å². The third-order valence-corrected chi connectivity index (χ3v) is 7.28. The molecule has 2 aliphatic carbocycles. The number of unbranched alkanes of at least 4 members (excludes halogenated alkanes) is 2. The number of alkyl halides is 3. The number of halogens is 4. The Kier molecular flexibility index (Phi) is 8.91. The molecule has 2 saturated carbocycles. The Hall–Kier alpha value is -1.46. The lowest BCUT2D eigenvalue weighted by Crippen LogP contribution is -2.27. The van der Waals surface area contributed by atoms with Crippen LogP contribution in [0, 0.1) is 29.5 Å². The summed E-state index contributed by atoms with van der Waals surface area (Å²) in [6.07, 6.45) is 10.8. The lowest BCUT2D eigenvalue weighted by Gasteiger charge is -2.38. The van der Waals surface area contributed by atoms with Gasteiger partial charge in [0.1, 0.15) is 5.75 Å². The van der Waals surface area contributed by atoms with E-state index in [1.165, 1.54) is 70.3 Å². The van der Waals surface area contributed by atoms with Crippen LogP contribution in [-0.2, 0) is 0 Å². The van der Waals surface area contributed by atoms with Gasteiger partial charge in [-0.15, -0.1) is 13.2 Å². The zero-order valence-corrected chi connectivity index (χ0v) is 18.6. The van der Waals surface area contributed by atoms with Crippen LogP contribution in [0.3, 0.4) is 0 Å². The smallest absolute Gasteiger partial charge is 0.493 e. The van der Waals surface area contributed by atoms with E-state index in [0.717, 1.165) is 42.7 Å². The minimum absolute atomic E-state index is 0.246. The third-order valence-electron chi connectivity index (χ3n) is 7.28. The highest BCUT2D eigenvalue weighted by atomic mass is 19.4. The van der Waals surface area contributed by atoms with Gasteiger partial charge in [-0.3, -0.25) is 0 Å². The maximum Gasteiger partial charge on any atom is 0.573 e. The van der Waals surface area contributed by atoms with Crippen LogP contribution in [-0.4, -0.2) is 13.0 Å². The van der Waals surface area contributed by atoms with Gasteiger partial charge < -0.3 is 9.47 Å². The van der Waals surface area contributed by atoms with Crippen LogP contribution in [0.2, 0.25) is 0 Å². The molecule has 0 unspecified atom stereocenters. The van der Waals surface area contributed by atoms with Gasteiger partial charge in [0.2, 0.25) is 0 Å². The van der Waals surface area contributed by atoms with Gasteiger partial charge >= 0.3 is 6.36 Å². The van der Waals surface area contributed by atoms with E-state index in [1.807, 2.05) is 0 Å². The fourth-order valence-electron chi connectivity index (χ4n) is 5.45. The first-order valence-corrected chi connectivity index (χ1v) is 12.0. The fraction of sp³-hybridized carbons (Fsp3) is 0.760. The predicted octanol–water partition coefficient (Wildman–Crippen LogP) is 8.30. The molecule has 0 spiro atoms. The number of hydrogen-bond donors (Lipinski definition) is 0. The van der Waals surface area contributed by atoms with Crippen LogP contribution in [0.1, 0.15) is 84.0 Å². The first-order valence-electron chi connectivity index (χ1n) is 12.0. The van der Waals surface area contributed by atoms with Crippen LogP contribution in [0.4, 0.5) is 17.6 Å². The standard InChI is InChI=1S/C25H36F4O2/c1-2-3-4-5-18-6-10-20(11-7-18)21-12-8-19(9-13-21)17-30-22-14-15-24(23(26)16-22)31-25(27,28)29/h14-16,18-21H,2-13,17H2,1H3. The zero-order valence-electron chi connectivity index (χ0n) is 18.6. The summed E-state index contributed by atoms with van der Waals surface area (Å²) < 4.78 is 59.9. The maximum atomic E-state index is 13.8. The molecule has 6 heteroatoms. The van der Waals surface area contributed by atoms with Crippen molar-refractivity contribution in [3.63, 3.8) is 0 Å². The highest BCUT2D eigenvalue weighted by Gasteiger charge is 2.33. The van der Waals surface area contributed by atoms with E-state index in [1.54, 1.807) is 0 Å². The molecule has 0 bridgehead atoms. The molecule has 2 nitrogen and oxygen atoms in total. The van der Waals surface area contributed by atoms with Crippen LogP contribution in [0.25, 0.3) is 0 Å². The number of ether oxygens (including phenoxy) is 2. The second-order valence-electron chi connectivity index (χ2n) is 9.51. The molecule has 0 radical (unpaired) electrons. The van der Waals surface area contributed by atoms with Crippen molar-refractivity contribution in [3.05, 3.63) is 24.0 Å². The average Bonchev–Trinajstić information content (AvgIpc) is 2.74. The minimum atomic E-state index is -4.91. The van der Waals surface area contributed by atoms with Crippen molar-refractivity contribution in [1.29, 1.82) is 0 Å². The molecule has 1 aromatic carbocycles. The first kappa shape index (κ1) is 24.2. The topological polar surface area (TPSA) is 18.5 Å². The Balaban J connectivity index is 1.36. The van der Waals surface area contributed by atoms with E-state index in [9.17, 15) is 17.6 Å². The Bertz CT molecular complexity index is 660. The lowest BCUT2D eigenvalue weighted by molar-refractivity contribution is -0.275. The third kappa shape index (κ3) is 7.87. The van der Waals surface area contributed by atoms with Crippen molar-refractivity contribution in [2.75, 3.05) is 6.61 Å². The largest absolute Gasteiger partial charge is 0.573 e. The summed E-state index contributed by atoms with van der Waals surface area (Å²) in [5, 5.41) is 0. The number of rotatable bonds is 9. The monoisotopic (exact) mass is 444 g/mol. The molecule has 176 valence electrons. The fourth-order valence-corrected chi connectivity index (χ4v) is 5.45. The van der Waals surface area contributed by atoms with Crippen molar-refractivity contribution >= 4 is 0 Å². The van der Waals surface area contributed by atoms with Crippen LogP contribution in [0.5, 0.6) is 11.5 Å². The van der Waals surface area contributed by atoms with E-state index in [-0.39, 0.29) is 5.75 Å². The Morgan fingerprint density at radius 2 is 1.48 bits per heavy atom. The Labute approximate surface area is 183 Å². The molecule has 2 fully saturated rings. The summed E-state index contributed by atoms with van der Waals surface area (Å²) >= 11 is 0. The molecule has 0 heterocycles. The van der Waals surface area contributed by atoms with Gasteiger partial charge in [-0.25, -0.2) is 4.39 Å². The van der Waals surface area contributed by atoms with Gasteiger partial charge in [0.05, 0.1) is 6.61 Å². The summed E-state index contributed by atoms with van der Waals surface area (Å²) in [6, 6.07) is 3.26. The van der Waals surface area contributed by atoms with E-state index in [2.05, 4.69) is 11.7 Å². The minimum Gasteiger partial charge on any atom is -0.493 e. The molecule has 0 aromatic heterocycles. The molecule has 31 heavy (non-hydrogen) atoms. The van der Waals surface area contributed by atoms with E-state index in [4.69, 9.17) is 4.74 Å². The van der Waals surface area contributed by atoms with Crippen LogP contribution < -0.4 is 9.47 Å². The molecule has 0 amide bonds. The number of hydrogen-bond acceptors (Lipinski definition) is 2. The highest BCUT2D eigenvalue weighted by molar-refractivity contribution is 5.33. The normalized spacial score (nSPS) is 27.1. The van der Waals surface area contributed by atoms with E-state index in [0.29, 0.717) is 12.5 Å². The number of benzene rings is 1. The molecule has 1 aromatic rings. The molecule has 0 aliphatic heterocycles. The van der Waals surface area contributed by atoms with Gasteiger partial charge in [-0.05, 0) is 74.3 Å². The quantitative estimate of drug-likeness (QED) is 0.282. The van der Waals surface area contributed by atoms with E-state index < -0.39 is 17.9 Å². The van der Waals surface area contributed by atoms with Gasteiger partial charge in [-0.2, -0.15) is 0 Å². The highest BCUT2D eigenvalue weighted by Crippen LogP contribution is 2.42. The lowest BCUT2D eigenvalue weighted by atomic mass is 9.69. The predicted molar refractivity (Wildman–Crippen MR) is 114 cm³/mol. The maximum absolute atomic E-state index is 13.8. The Morgan fingerprint density at radius 1 is 0.871 bits per heavy atom. The molecular formula is C25H36F4O2. The molecule has 2 aliphatic rings. The molecule has 0 atom stereocenters. The average molecular weight is 445 g/mol. The van der Waals surface area contributed by atoms with Crippen molar-refractivity contribution < 1.29 is 27.0 Å². The molecular weight excluding hydrogens is 408 g/mol. The summed E-state index contributed by atoms with van der Waals surface area (Å²) in [5.74, 6) is 1.42. The van der Waals surface area contributed by atoms with Crippen molar-refractivity contribution in [3.8, 4) is 11.5 Å². The summed E-state index contributed by atoms with van der Waals surface area (Å²) in [4.78, 5) is 0. The zero-order chi connectivity index (χ0) is 22.3. The summed E-state index contributed by atoms with van der Waals surface area (Å²) in [5.41, 5.74) is 0.